The first-order valence-corrected chi connectivity index (χ1v) is 7.24. The fourth-order valence-corrected chi connectivity index (χ4v) is 2.92. The molecule has 3 aromatic rings. The number of hydrogen-bond donors (Lipinski definition) is 0. The SMILES string of the molecule is CCn1c2ccc(C(=O)Cl)cc2c2cc(C(=O)Cl)ccc21. The molecule has 21 heavy (non-hydrogen) atoms. The number of nitrogens with zero attached hydrogens (tertiary/aromatic N) is 1. The van der Waals surface area contributed by atoms with Crippen molar-refractivity contribution in [2.75, 3.05) is 0 Å². The third-order valence-corrected chi connectivity index (χ3v) is 4.07. The van der Waals surface area contributed by atoms with Crippen LogP contribution in [0.25, 0.3) is 21.8 Å². The molecule has 2 aromatic carbocycles. The van der Waals surface area contributed by atoms with Gasteiger partial charge in [0.15, 0.2) is 0 Å². The van der Waals surface area contributed by atoms with Crippen LogP contribution in [0.3, 0.4) is 0 Å². The Morgan fingerprint density at radius 3 is 1.67 bits per heavy atom. The molecule has 0 saturated carbocycles. The van der Waals surface area contributed by atoms with Crippen molar-refractivity contribution in [2.45, 2.75) is 13.5 Å². The van der Waals surface area contributed by atoms with E-state index in [-0.39, 0.29) is 0 Å². The highest BCUT2D eigenvalue weighted by Crippen LogP contribution is 2.31. The molecule has 1 aromatic heterocycles. The van der Waals surface area contributed by atoms with Gasteiger partial charge in [-0.2, -0.15) is 0 Å². The van der Waals surface area contributed by atoms with E-state index >= 15 is 0 Å². The number of carbonyl (C=O) groups is 2. The number of benzene rings is 2. The van der Waals surface area contributed by atoms with Gasteiger partial charge in [-0.05, 0) is 66.5 Å². The molecule has 106 valence electrons. The summed E-state index contributed by atoms with van der Waals surface area (Å²) in [6, 6.07) is 10.7. The van der Waals surface area contributed by atoms with Gasteiger partial charge in [0.1, 0.15) is 0 Å². The second kappa shape index (κ2) is 5.17. The quantitative estimate of drug-likeness (QED) is 0.663. The minimum Gasteiger partial charge on any atom is -0.341 e. The van der Waals surface area contributed by atoms with E-state index in [9.17, 15) is 9.59 Å². The summed E-state index contributed by atoms with van der Waals surface area (Å²) in [6.45, 7) is 2.82. The summed E-state index contributed by atoms with van der Waals surface area (Å²) in [5.41, 5.74) is 2.85. The summed E-state index contributed by atoms with van der Waals surface area (Å²) >= 11 is 11.1. The predicted molar refractivity (Wildman–Crippen MR) is 85.5 cm³/mol. The lowest BCUT2D eigenvalue weighted by Crippen LogP contribution is -1.94. The number of rotatable bonds is 3. The summed E-state index contributed by atoms with van der Waals surface area (Å²) < 4.78 is 2.12. The topological polar surface area (TPSA) is 39.1 Å². The van der Waals surface area contributed by atoms with Crippen molar-refractivity contribution in [3.63, 3.8) is 0 Å². The van der Waals surface area contributed by atoms with E-state index in [1.807, 2.05) is 19.1 Å². The van der Waals surface area contributed by atoms with Crippen LogP contribution in [0.15, 0.2) is 36.4 Å². The Bertz CT molecular complexity index is 825. The Morgan fingerprint density at radius 2 is 1.33 bits per heavy atom. The number of halogens is 2. The molecule has 0 aliphatic rings. The van der Waals surface area contributed by atoms with Gasteiger partial charge in [-0.15, -0.1) is 0 Å². The van der Waals surface area contributed by atoms with Crippen LogP contribution in [0.2, 0.25) is 0 Å². The molecule has 0 saturated heterocycles. The van der Waals surface area contributed by atoms with Crippen LogP contribution in [-0.4, -0.2) is 15.1 Å². The van der Waals surface area contributed by atoms with E-state index in [1.165, 1.54) is 0 Å². The first-order chi connectivity index (χ1) is 10.0. The second-order valence-corrected chi connectivity index (χ2v) is 5.44. The molecule has 0 aliphatic heterocycles. The first-order valence-electron chi connectivity index (χ1n) is 6.48. The molecule has 0 bridgehead atoms. The second-order valence-electron chi connectivity index (χ2n) is 4.76. The van der Waals surface area contributed by atoms with Crippen molar-refractivity contribution in [1.29, 1.82) is 0 Å². The van der Waals surface area contributed by atoms with Crippen LogP contribution < -0.4 is 0 Å². The minimum atomic E-state index is -0.501. The molecule has 0 N–H and O–H groups in total. The van der Waals surface area contributed by atoms with E-state index in [2.05, 4.69) is 4.57 Å². The lowest BCUT2D eigenvalue weighted by atomic mass is 10.1. The summed E-state index contributed by atoms with van der Waals surface area (Å²) in [6.07, 6.45) is 0. The molecule has 3 rings (SSSR count). The van der Waals surface area contributed by atoms with Crippen molar-refractivity contribution in [3.05, 3.63) is 47.5 Å². The van der Waals surface area contributed by atoms with Crippen LogP contribution in [0, 0.1) is 0 Å². The standard InChI is InChI=1S/C16H11Cl2NO2/c1-2-19-13-5-3-9(15(17)20)7-11(13)12-8-10(16(18)21)4-6-14(12)19/h3-8H,2H2,1H3. The lowest BCUT2D eigenvalue weighted by molar-refractivity contribution is 0.107. The van der Waals surface area contributed by atoms with Gasteiger partial charge in [0.05, 0.1) is 0 Å². The molecule has 0 spiro atoms. The Labute approximate surface area is 131 Å². The Hall–Kier alpha value is -1.84. The first kappa shape index (κ1) is 14.1. The van der Waals surface area contributed by atoms with Crippen LogP contribution in [-0.2, 0) is 6.54 Å². The van der Waals surface area contributed by atoms with Crippen molar-refractivity contribution >= 4 is 55.5 Å². The van der Waals surface area contributed by atoms with Crippen molar-refractivity contribution in [1.82, 2.24) is 4.57 Å². The molecule has 0 unspecified atom stereocenters. The van der Waals surface area contributed by atoms with Gasteiger partial charge in [0.25, 0.3) is 10.5 Å². The van der Waals surface area contributed by atoms with Gasteiger partial charge in [0, 0.05) is 39.5 Å². The smallest absolute Gasteiger partial charge is 0.252 e. The van der Waals surface area contributed by atoms with Crippen LogP contribution in [0.5, 0.6) is 0 Å². The van der Waals surface area contributed by atoms with Gasteiger partial charge < -0.3 is 4.57 Å². The summed E-state index contributed by atoms with van der Waals surface area (Å²) in [5.74, 6) is 0. The molecule has 0 amide bonds. The molecule has 0 atom stereocenters. The van der Waals surface area contributed by atoms with Crippen LogP contribution in [0.1, 0.15) is 27.6 Å². The van der Waals surface area contributed by atoms with Gasteiger partial charge >= 0.3 is 0 Å². The van der Waals surface area contributed by atoms with Crippen LogP contribution in [0.4, 0.5) is 0 Å². The molecule has 0 fully saturated rings. The number of carbonyl (C=O) groups excluding carboxylic acids is 2. The van der Waals surface area contributed by atoms with Crippen molar-refractivity contribution < 1.29 is 9.59 Å². The van der Waals surface area contributed by atoms with Gasteiger partial charge in [-0.25, -0.2) is 0 Å². The maximum absolute atomic E-state index is 11.4. The summed E-state index contributed by atoms with van der Waals surface area (Å²) in [7, 11) is 0. The minimum absolute atomic E-state index is 0.432. The average Bonchev–Trinajstić information content (AvgIpc) is 2.79. The molecular formula is C16H11Cl2NO2. The average molecular weight is 320 g/mol. The van der Waals surface area contributed by atoms with Gasteiger partial charge in [0.2, 0.25) is 0 Å². The van der Waals surface area contributed by atoms with Crippen molar-refractivity contribution in [2.24, 2.45) is 0 Å². The van der Waals surface area contributed by atoms with E-state index in [0.717, 1.165) is 28.4 Å². The number of hydrogen-bond acceptors (Lipinski definition) is 2. The number of aromatic nitrogens is 1. The highest BCUT2D eigenvalue weighted by molar-refractivity contribution is 6.68. The van der Waals surface area contributed by atoms with Crippen LogP contribution >= 0.6 is 23.2 Å². The molecule has 3 nitrogen and oxygen atoms in total. The molecule has 0 aliphatic carbocycles. The predicted octanol–water partition coefficient (Wildman–Crippen LogP) is 4.57. The Balaban J connectivity index is 2.45. The maximum Gasteiger partial charge on any atom is 0.252 e. The highest BCUT2D eigenvalue weighted by atomic mass is 35.5. The normalized spacial score (nSPS) is 11.2. The van der Waals surface area contributed by atoms with Crippen molar-refractivity contribution in [3.8, 4) is 0 Å². The lowest BCUT2D eigenvalue weighted by Gasteiger charge is -2.03. The Kier molecular flexibility index (Phi) is 3.47. The van der Waals surface area contributed by atoms with E-state index in [1.54, 1.807) is 24.3 Å². The third-order valence-electron chi connectivity index (χ3n) is 3.64. The molecular weight excluding hydrogens is 309 g/mol. The number of fused-ring (bicyclic) bond motifs is 3. The monoisotopic (exact) mass is 319 g/mol. The zero-order valence-corrected chi connectivity index (χ0v) is 12.7. The van der Waals surface area contributed by atoms with Gasteiger partial charge in [-0.3, -0.25) is 9.59 Å². The molecule has 0 radical (unpaired) electrons. The Morgan fingerprint density at radius 1 is 0.905 bits per heavy atom. The summed E-state index contributed by atoms with van der Waals surface area (Å²) in [4.78, 5) is 22.7. The number of aryl methyl sites for hydroxylation is 1. The fourth-order valence-electron chi connectivity index (χ4n) is 2.69. The zero-order chi connectivity index (χ0) is 15.1. The zero-order valence-electron chi connectivity index (χ0n) is 11.2. The largest absolute Gasteiger partial charge is 0.341 e. The van der Waals surface area contributed by atoms with E-state index in [4.69, 9.17) is 23.2 Å². The summed E-state index contributed by atoms with van der Waals surface area (Å²) in [5, 5.41) is 0.772. The maximum atomic E-state index is 11.4. The van der Waals surface area contributed by atoms with Gasteiger partial charge in [-0.1, -0.05) is 0 Å². The third kappa shape index (κ3) is 2.23. The van der Waals surface area contributed by atoms with E-state index < -0.39 is 10.5 Å². The molecule has 5 heteroatoms. The fraction of sp³-hybridized carbons (Fsp3) is 0.125. The van der Waals surface area contributed by atoms with E-state index in [0.29, 0.717) is 11.1 Å². The highest BCUT2D eigenvalue weighted by Gasteiger charge is 2.13. The molecule has 1 heterocycles.